The van der Waals surface area contributed by atoms with Gasteiger partial charge in [-0.05, 0) is 43.5 Å². The first-order valence-corrected chi connectivity index (χ1v) is 11.8. The highest BCUT2D eigenvalue weighted by Gasteiger charge is 2.18. The molecule has 1 amide bonds. The summed E-state index contributed by atoms with van der Waals surface area (Å²) in [5.74, 6) is 1.12. The normalized spacial score (nSPS) is 11.2. The number of hydrogen-bond acceptors (Lipinski definition) is 5. The lowest BCUT2D eigenvalue weighted by atomic mass is 10.1. The molecular weight excluding hydrogens is 412 g/mol. The van der Waals surface area contributed by atoms with Crippen molar-refractivity contribution in [3.63, 3.8) is 0 Å². The van der Waals surface area contributed by atoms with E-state index in [1.54, 1.807) is 11.3 Å². The summed E-state index contributed by atoms with van der Waals surface area (Å²) in [6, 6.07) is 14.4. The van der Waals surface area contributed by atoms with Gasteiger partial charge < -0.3 is 9.88 Å². The summed E-state index contributed by atoms with van der Waals surface area (Å²) in [5, 5.41) is 16.0. The third-order valence-electron chi connectivity index (χ3n) is 4.89. The molecule has 2 aromatic heterocycles. The lowest BCUT2D eigenvalue weighted by Crippen LogP contribution is -2.15. The maximum absolute atomic E-state index is 12.5. The SMILES string of the molecule is CCCn1c(SCC(=O)Nc2cc(C)ccc2C)nnc1-c1csc2ccccc12. The molecule has 0 aliphatic carbocycles. The summed E-state index contributed by atoms with van der Waals surface area (Å²) in [4.78, 5) is 12.5. The minimum atomic E-state index is -0.0396. The van der Waals surface area contributed by atoms with E-state index in [1.807, 2.05) is 38.1 Å². The Labute approximate surface area is 184 Å². The van der Waals surface area contributed by atoms with Crippen LogP contribution in [0.15, 0.2) is 53.0 Å². The van der Waals surface area contributed by atoms with Crippen molar-refractivity contribution < 1.29 is 4.79 Å². The van der Waals surface area contributed by atoms with Gasteiger partial charge in [0.05, 0.1) is 5.75 Å². The van der Waals surface area contributed by atoms with Crippen LogP contribution in [0, 0.1) is 13.8 Å². The molecular formula is C23H24N4OS2. The standard InChI is InChI=1S/C23H24N4OS2/c1-4-11-27-22(18-13-29-20-8-6-5-7-17(18)20)25-26-23(27)30-14-21(28)24-19-12-15(2)9-10-16(19)3/h5-10,12-13H,4,11,14H2,1-3H3,(H,24,28). The number of thiophene rings is 1. The number of carbonyl (C=O) groups is 1. The molecule has 0 radical (unpaired) electrons. The second-order valence-electron chi connectivity index (χ2n) is 7.26. The molecule has 4 aromatic rings. The van der Waals surface area contributed by atoms with Crippen molar-refractivity contribution in [2.45, 2.75) is 38.9 Å². The van der Waals surface area contributed by atoms with Crippen LogP contribution in [0.25, 0.3) is 21.5 Å². The third kappa shape index (κ3) is 4.27. The number of fused-ring (bicyclic) bond motifs is 1. The van der Waals surface area contributed by atoms with Gasteiger partial charge >= 0.3 is 0 Å². The first kappa shape index (κ1) is 20.6. The number of benzene rings is 2. The van der Waals surface area contributed by atoms with E-state index in [-0.39, 0.29) is 5.91 Å². The van der Waals surface area contributed by atoms with Gasteiger partial charge in [0.15, 0.2) is 11.0 Å². The van der Waals surface area contributed by atoms with E-state index in [2.05, 4.69) is 50.6 Å². The Morgan fingerprint density at radius 2 is 2.00 bits per heavy atom. The van der Waals surface area contributed by atoms with Gasteiger partial charge in [-0.2, -0.15) is 0 Å². The highest BCUT2D eigenvalue weighted by molar-refractivity contribution is 7.99. The summed E-state index contributed by atoms with van der Waals surface area (Å²) in [6.45, 7) is 6.97. The van der Waals surface area contributed by atoms with E-state index < -0.39 is 0 Å². The van der Waals surface area contributed by atoms with E-state index in [0.29, 0.717) is 5.75 Å². The lowest BCUT2D eigenvalue weighted by Gasteiger charge is -2.10. The summed E-state index contributed by atoms with van der Waals surface area (Å²) < 4.78 is 3.37. The van der Waals surface area contributed by atoms with Crippen molar-refractivity contribution >= 4 is 44.8 Å². The second kappa shape index (κ2) is 9.02. The minimum absolute atomic E-state index is 0.0396. The van der Waals surface area contributed by atoms with E-state index >= 15 is 0 Å². The Kier molecular flexibility index (Phi) is 6.20. The largest absolute Gasteiger partial charge is 0.325 e. The molecule has 154 valence electrons. The fraction of sp³-hybridized carbons (Fsp3) is 0.261. The van der Waals surface area contributed by atoms with Crippen molar-refractivity contribution in [1.29, 1.82) is 0 Å². The van der Waals surface area contributed by atoms with Crippen LogP contribution in [0.5, 0.6) is 0 Å². The van der Waals surface area contributed by atoms with Crippen LogP contribution in [0.3, 0.4) is 0 Å². The molecule has 7 heteroatoms. The van der Waals surface area contributed by atoms with Crippen LogP contribution in [-0.4, -0.2) is 26.4 Å². The van der Waals surface area contributed by atoms with E-state index in [0.717, 1.165) is 46.3 Å². The molecule has 0 spiro atoms. The van der Waals surface area contributed by atoms with E-state index in [1.165, 1.54) is 21.8 Å². The van der Waals surface area contributed by atoms with Gasteiger partial charge in [0.25, 0.3) is 0 Å². The minimum Gasteiger partial charge on any atom is -0.325 e. The molecule has 2 heterocycles. The first-order valence-electron chi connectivity index (χ1n) is 9.96. The molecule has 0 fully saturated rings. The zero-order valence-electron chi connectivity index (χ0n) is 17.3. The average molecular weight is 437 g/mol. The number of carbonyl (C=O) groups excluding carboxylic acids is 1. The molecule has 0 aliphatic heterocycles. The van der Waals surface area contributed by atoms with E-state index in [4.69, 9.17) is 0 Å². The topological polar surface area (TPSA) is 59.8 Å². The molecule has 1 N–H and O–H groups in total. The van der Waals surface area contributed by atoms with Crippen molar-refractivity contribution in [1.82, 2.24) is 14.8 Å². The number of thioether (sulfide) groups is 1. The molecule has 2 aromatic carbocycles. The van der Waals surface area contributed by atoms with Crippen LogP contribution in [0.2, 0.25) is 0 Å². The number of amides is 1. The van der Waals surface area contributed by atoms with Gasteiger partial charge in [-0.3, -0.25) is 4.79 Å². The molecule has 0 unspecified atom stereocenters. The molecule has 0 atom stereocenters. The maximum Gasteiger partial charge on any atom is 0.234 e. The van der Waals surface area contributed by atoms with Gasteiger partial charge in [0, 0.05) is 33.3 Å². The Morgan fingerprint density at radius 3 is 2.83 bits per heavy atom. The van der Waals surface area contributed by atoms with Gasteiger partial charge in [-0.15, -0.1) is 21.5 Å². The quantitative estimate of drug-likeness (QED) is 0.366. The summed E-state index contributed by atoms with van der Waals surface area (Å²) in [5.41, 5.74) is 4.14. The van der Waals surface area contributed by atoms with Crippen molar-refractivity contribution in [3.8, 4) is 11.4 Å². The lowest BCUT2D eigenvalue weighted by molar-refractivity contribution is -0.113. The monoisotopic (exact) mass is 436 g/mol. The molecule has 0 aliphatic rings. The fourth-order valence-electron chi connectivity index (χ4n) is 3.36. The molecule has 0 saturated heterocycles. The van der Waals surface area contributed by atoms with E-state index in [9.17, 15) is 4.79 Å². The predicted octanol–water partition coefficient (Wildman–Crippen LogP) is 5.92. The van der Waals surface area contributed by atoms with Crippen LogP contribution in [-0.2, 0) is 11.3 Å². The molecule has 0 bridgehead atoms. The van der Waals surface area contributed by atoms with Crippen molar-refractivity contribution in [3.05, 3.63) is 59.0 Å². The maximum atomic E-state index is 12.5. The highest BCUT2D eigenvalue weighted by Crippen LogP contribution is 2.34. The second-order valence-corrected chi connectivity index (χ2v) is 9.11. The Morgan fingerprint density at radius 1 is 1.17 bits per heavy atom. The zero-order chi connectivity index (χ0) is 21.1. The van der Waals surface area contributed by atoms with Gasteiger partial charge in [0.2, 0.25) is 5.91 Å². The number of nitrogens with one attached hydrogen (secondary N) is 1. The Hall–Kier alpha value is -2.64. The number of aromatic nitrogens is 3. The van der Waals surface area contributed by atoms with Crippen molar-refractivity contribution in [2.24, 2.45) is 0 Å². The van der Waals surface area contributed by atoms with Crippen molar-refractivity contribution in [2.75, 3.05) is 11.1 Å². The summed E-state index contributed by atoms with van der Waals surface area (Å²) in [6.07, 6.45) is 0.968. The van der Waals surface area contributed by atoms with Crippen LogP contribution in [0.1, 0.15) is 24.5 Å². The Balaban J connectivity index is 1.53. The van der Waals surface area contributed by atoms with Crippen LogP contribution in [0.4, 0.5) is 5.69 Å². The van der Waals surface area contributed by atoms with Crippen LogP contribution >= 0.6 is 23.1 Å². The fourth-order valence-corrected chi connectivity index (χ4v) is 5.06. The average Bonchev–Trinajstić information content (AvgIpc) is 3.33. The number of aryl methyl sites for hydroxylation is 2. The predicted molar refractivity (Wildman–Crippen MR) is 126 cm³/mol. The summed E-state index contributed by atoms with van der Waals surface area (Å²) in [7, 11) is 0. The zero-order valence-corrected chi connectivity index (χ0v) is 18.9. The van der Waals surface area contributed by atoms with Gasteiger partial charge in [-0.1, -0.05) is 49.0 Å². The Bertz CT molecular complexity index is 1200. The van der Waals surface area contributed by atoms with Gasteiger partial charge in [-0.25, -0.2) is 0 Å². The highest BCUT2D eigenvalue weighted by atomic mass is 32.2. The number of anilines is 1. The number of hydrogen-bond donors (Lipinski definition) is 1. The molecule has 0 saturated carbocycles. The van der Waals surface area contributed by atoms with Crippen LogP contribution < -0.4 is 5.32 Å². The first-order chi connectivity index (χ1) is 14.6. The van der Waals surface area contributed by atoms with Gasteiger partial charge in [0.1, 0.15) is 0 Å². The smallest absolute Gasteiger partial charge is 0.234 e. The molecule has 30 heavy (non-hydrogen) atoms. The summed E-state index contributed by atoms with van der Waals surface area (Å²) >= 11 is 3.14. The number of nitrogens with zero attached hydrogens (tertiary/aromatic N) is 3. The molecule has 4 rings (SSSR count). The molecule has 5 nitrogen and oxygen atoms in total. The number of rotatable bonds is 7. The third-order valence-corrected chi connectivity index (χ3v) is 6.82.